The van der Waals surface area contributed by atoms with Crippen LogP contribution in [-0.4, -0.2) is 22.5 Å². The lowest BCUT2D eigenvalue weighted by Gasteiger charge is -2.29. The van der Waals surface area contributed by atoms with Crippen LogP contribution in [0.15, 0.2) is 66.7 Å². The molecule has 0 spiro atoms. The lowest BCUT2D eigenvalue weighted by molar-refractivity contribution is -0.384. The average molecular weight is 442 g/mol. The number of alkyl halides is 3. The third-order valence-electron chi connectivity index (χ3n) is 5.30. The van der Waals surface area contributed by atoms with Crippen molar-refractivity contribution in [3.8, 4) is 16.9 Å². The Bertz CT molecular complexity index is 1160. The van der Waals surface area contributed by atoms with E-state index < -0.39 is 22.8 Å². The van der Waals surface area contributed by atoms with Crippen LogP contribution in [0.2, 0.25) is 0 Å². The average Bonchev–Trinajstić information content (AvgIpc) is 2.78. The molecule has 0 fully saturated rings. The molecule has 0 radical (unpaired) electrons. The number of fused-ring (bicyclic) bond motifs is 1. The number of carbonyl (C=O) groups is 1. The van der Waals surface area contributed by atoms with Crippen LogP contribution in [0.3, 0.4) is 0 Å². The summed E-state index contributed by atoms with van der Waals surface area (Å²) in [7, 11) is 0. The molecule has 1 heterocycles. The highest BCUT2D eigenvalue weighted by atomic mass is 19.4. The summed E-state index contributed by atoms with van der Waals surface area (Å²) in [5.41, 5.74) is 2.57. The number of hydrogen-bond acceptors (Lipinski definition) is 4. The summed E-state index contributed by atoms with van der Waals surface area (Å²) in [4.78, 5) is 24.2. The van der Waals surface area contributed by atoms with Gasteiger partial charge in [0.2, 0.25) is 0 Å². The highest BCUT2D eigenvalue weighted by molar-refractivity contribution is 5.73. The van der Waals surface area contributed by atoms with Crippen molar-refractivity contribution in [1.29, 1.82) is 0 Å². The molecule has 164 valence electrons. The monoisotopic (exact) mass is 442 g/mol. The van der Waals surface area contributed by atoms with E-state index in [2.05, 4.69) is 0 Å². The van der Waals surface area contributed by atoms with E-state index >= 15 is 0 Å². The molecule has 0 aromatic heterocycles. The molecule has 1 aliphatic rings. The number of amides is 1. The molecule has 32 heavy (non-hydrogen) atoms. The van der Waals surface area contributed by atoms with E-state index in [4.69, 9.17) is 4.74 Å². The van der Waals surface area contributed by atoms with Gasteiger partial charge in [-0.25, -0.2) is 4.79 Å². The Morgan fingerprint density at radius 2 is 1.69 bits per heavy atom. The Hall–Kier alpha value is -3.88. The van der Waals surface area contributed by atoms with E-state index in [-0.39, 0.29) is 18.0 Å². The number of nitrogens with zero attached hydrogens (tertiary/aromatic N) is 2. The summed E-state index contributed by atoms with van der Waals surface area (Å²) < 4.78 is 43.9. The molecule has 0 saturated carbocycles. The van der Waals surface area contributed by atoms with Gasteiger partial charge >= 0.3 is 12.3 Å². The SMILES string of the molecule is O=C(Oc1ccc([N+](=O)[O-])cc1)N1CCc2c(cccc2-c2ccc(C(F)(F)F)cc2)C1. The highest BCUT2D eigenvalue weighted by Gasteiger charge is 2.30. The summed E-state index contributed by atoms with van der Waals surface area (Å²) in [6.07, 6.45) is -4.45. The molecule has 9 heteroatoms. The van der Waals surface area contributed by atoms with Gasteiger partial charge in [-0.2, -0.15) is 13.2 Å². The summed E-state index contributed by atoms with van der Waals surface area (Å²) >= 11 is 0. The minimum absolute atomic E-state index is 0.104. The van der Waals surface area contributed by atoms with E-state index in [0.29, 0.717) is 18.5 Å². The first-order chi connectivity index (χ1) is 15.2. The van der Waals surface area contributed by atoms with E-state index in [9.17, 15) is 28.1 Å². The molecule has 4 rings (SSSR count). The van der Waals surface area contributed by atoms with Crippen molar-refractivity contribution >= 4 is 11.8 Å². The number of hydrogen-bond donors (Lipinski definition) is 0. The Labute approximate surface area is 181 Å². The molecular formula is C23H17F3N2O4. The molecule has 3 aromatic rings. The summed E-state index contributed by atoms with van der Waals surface area (Å²) in [6.45, 7) is 0.659. The van der Waals surface area contributed by atoms with Gasteiger partial charge in [0.25, 0.3) is 5.69 Å². The zero-order valence-electron chi connectivity index (χ0n) is 16.6. The standard InChI is InChI=1S/C23H17F3N2O4/c24-23(25,26)17-6-4-15(5-7-17)20-3-1-2-16-14-27(13-12-21(16)20)22(29)32-19-10-8-18(9-11-19)28(30)31/h1-11H,12-14H2. The Morgan fingerprint density at radius 1 is 1.00 bits per heavy atom. The third kappa shape index (κ3) is 4.41. The number of nitro benzene ring substituents is 1. The van der Waals surface area contributed by atoms with E-state index in [1.807, 2.05) is 12.1 Å². The van der Waals surface area contributed by atoms with Crippen LogP contribution >= 0.6 is 0 Å². The lowest BCUT2D eigenvalue weighted by atomic mass is 9.90. The topological polar surface area (TPSA) is 72.7 Å². The van der Waals surface area contributed by atoms with Gasteiger partial charge in [-0.15, -0.1) is 0 Å². The molecular weight excluding hydrogens is 425 g/mol. The molecule has 0 unspecified atom stereocenters. The van der Waals surface area contributed by atoms with Gasteiger partial charge in [0.1, 0.15) is 5.75 Å². The minimum atomic E-state index is -4.39. The summed E-state index contributed by atoms with van der Waals surface area (Å²) in [5.74, 6) is 0.199. The lowest BCUT2D eigenvalue weighted by Crippen LogP contribution is -2.38. The van der Waals surface area contributed by atoms with Gasteiger partial charge in [-0.1, -0.05) is 30.3 Å². The Kier molecular flexibility index (Phi) is 5.56. The number of ether oxygens (including phenoxy) is 1. The Morgan fingerprint density at radius 3 is 2.31 bits per heavy atom. The molecule has 1 aliphatic heterocycles. The van der Waals surface area contributed by atoms with Crippen molar-refractivity contribution in [2.24, 2.45) is 0 Å². The summed E-state index contributed by atoms with van der Waals surface area (Å²) in [5, 5.41) is 10.7. The predicted octanol–water partition coefficient (Wildman–Crippen LogP) is 5.84. The molecule has 1 amide bonds. The van der Waals surface area contributed by atoms with Crippen LogP contribution in [0.5, 0.6) is 5.75 Å². The first-order valence-electron chi connectivity index (χ1n) is 9.72. The van der Waals surface area contributed by atoms with Crippen LogP contribution < -0.4 is 4.74 Å². The minimum Gasteiger partial charge on any atom is -0.410 e. The number of carbonyl (C=O) groups excluding carboxylic acids is 1. The van der Waals surface area contributed by atoms with Gasteiger partial charge in [0.05, 0.1) is 10.5 Å². The zero-order valence-corrected chi connectivity index (χ0v) is 16.6. The van der Waals surface area contributed by atoms with Crippen LogP contribution in [-0.2, 0) is 19.1 Å². The van der Waals surface area contributed by atoms with Crippen molar-refractivity contribution in [1.82, 2.24) is 4.90 Å². The summed E-state index contributed by atoms with van der Waals surface area (Å²) in [6, 6.07) is 15.8. The molecule has 0 aliphatic carbocycles. The van der Waals surface area contributed by atoms with E-state index in [1.165, 1.54) is 41.3 Å². The number of rotatable bonds is 3. The second-order valence-corrected chi connectivity index (χ2v) is 7.31. The van der Waals surface area contributed by atoms with E-state index in [0.717, 1.165) is 28.8 Å². The van der Waals surface area contributed by atoms with Crippen LogP contribution in [0.4, 0.5) is 23.7 Å². The first-order valence-corrected chi connectivity index (χ1v) is 9.72. The third-order valence-corrected chi connectivity index (χ3v) is 5.30. The smallest absolute Gasteiger partial charge is 0.410 e. The number of halogens is 3. The van der Waals surface area contributed by atoms with Gasteiger partial charge in [0.15, 0.2) is 0 Å². The second kappa shape index (κ2) is 8.33. The first kappa shape index (κ1) is 21.4. The Balaban J connectivity index is 1.50. The second-order valence-electron chi connectivity index (χ2n) is 7.31. The molecule has 0 saturated heterocycles. The number of benzene rings is 3. The molecule has 0 bridgehead atoms. The number of non-ortho nitro benzene ring substituents is 1. The van der Waals surface area contributed by atoms with Crippen molar-refractivity contribution in [3.05, 3.63) is 93.5 Å². The fourth-order valence-corrected chi connectivity index (χ4v) is 3.68. The van der Waals surface area contributed by atoms with Gasteiger partial charge in [0, 0.05) is 25.2 Å². The van der Waals surface area contributed by atoms with Crippen molar-refractivity contribution in [3.63, 3.8) is 0 Å². The van der Waals surface area contributed by atoms with Gasteiger partial charge < -0.3 is 9.64 Å². The van der Waals surface area contributed by atoms with Gasteiger partial charge in [-0.05, 0) is 52.9 Å². The fraction of sp³-hybridized carbons (Fsp3) is 0.174. The maximum atomic E-state index is 12.8. The van der Waals surface area contributed by atoms with E-state index in [1.54, 1.807) is 6.07 Å². The molecule has 0 N–H and O–H groups in total. The predicted molar refractivity (Wildman–Crippen MR) is 110 cm³/mol. The largest absolute Gasteiger partial charge is 0.416 e. The van der Waals surface area contributed by atoms with Crippen molar-refractivity contribution in [2.75, 3.05) is 6.54 Å². The van der Waals surface area contributed by atoms with Gasteiger partial charge in [-0.3, -0.25) is 10.1 Å². The van der Waals surface area contributed by atoms with Crippen LogP contribution in [0, 0.1) is 10.1 Å². The van der Waals surface area contributed by atoms with Crippen molar-refractivity contribution < 1.29 is 27.6 Å². The molecule has 3 aromatic carbocycles. The van der Waals surface area contributed by atoms with Crippen LogP contribution in [0.1, 0.15) is 16.7 Å². The maximum Gasteiger partial charge on any atom is 0.416 e. The maximum absolute atomic E-state index is 12.8. The zero-order chi connectivity index (χ0) is 22.9. The normalized spacial score (nSPS) is 13.4. The fourth-order valence-electron chi connectivity index (χ4n) is 3.68. The molecule has 6 nitrogen and oxygen atoms in total. The quantitative estimate of drug-likeness (QED) is 0.378. The number of nitro groups is 1. The van der Waals surface area contributed by atoms with Crippen LogP contribution in [0.25, 0.3) is 11.1 Å². The highest BCUT2D eigenvalue weighted by Crippen LogP contribution is 2.34. The molecule has 0 atom stereocenters. The van der Waals surface area contributed by atoms with Crippen molar-refractivity contribution in [2.45, 2.75) is 19.1 Å².